The highest BCUT2D eigenvalue weighted by atomic mass is 32.1. The topological polar surface area (TPSA) is 64.4 Å². The molecule has 0 aliphatic carbocycles. The van der Waals surface area contributed by atoms with Crippen LogP contribution in [0, 0.1) is 11.7 Å². The highest BCUT2D eigenvalue weighted by molar-refractivity contribution is 7.71. The van der Waals surface area contributed by atoms with Crippen molar-refractivity contribution in [2.45, 2.75) is 38.5 Å². The number of halogens is 3. The van der Waals surface area contributed by atoms with Gasteiger partial charge in [0.05, 0.1) is 12.2 Å². The number of pyridine rings is 1. The van der Waals surface area contributed by atoms with Crippen LogP contribution in [0.25, 0.3) is 5.65 Å². The van der Waals surface area contributed by atoms with Crippen molar-refractivity contribution in [3.63, 3.8) is 0 Å². The van der Waals surface area contributed by atoms with E-state index < -0.39 is 11.7 Å². The second-order valence-corrected chi connectivity index (χ2v) is 7.00. The van der Waals surface area contributed by atoms with Crippen molar-refractivity contribution in [1.82, 2.24) is 29.2 Å². The van der Waals surface area contributed by atoms with Crippen LogP contribution in [0.4, 0.5) is 13.2 Å². The van der Waals surface area contributed by atoms with E-state index in [-0.39, 0.29) is 10.7 Å². The summed E-state index contributed by atoms with van der Waals surface area (Å²) < 4.78 is 47.1. The smallest absolute Gasteiger partial charge is 0.339 e. The number of piperidine rings is 1. The fourth-order valence-electron chi connectivity index (χ4n) is 3.27. The first-order valence-corrected chi connectivity index (χ1v) is 8.91. The number of rotatable bonds is 3. The van der Waals surface area contributed by atoms with Crippen molar-refractivity contribution in [1.29, 1.82) is 0 Å². The van der Waals surface area contributed by atoms with E-state index in [2.05, 4.69) is 20.1 Å². The molecule has 0 atom stereocenters. The van der Waals surface area contributed by atoms with E-state index >= 15 is 0 Å². The fraction of sp³-hybridized carbons (Fsp3) is 0.500. The molecule has 1 saturated heterocycles. The van der Waals surface area contributed by atoms with E-state index in [1.54, 1.807) is 11.6 Å². The number of nitrogens with zero attached hydrogens (tertiary/aromatic N) is 6. The Morgan fingerprint density at radius 1 is 1.26 bits per heavy atom. The van der Waals surface area contributed by atoms with Gasteiger partial charge in [-0.15, -0.1) is 0 Å². The van der Waals surface area contributed by atoms with E-state index in [1.807, 2.05) is 0 Å². The van der Waals surface area contributed by atoms with E-state index in [4.69, 9.17) is 16.7 Å². The van der Waals surface area contributed by atoms with Gasteiger partial charge in [-0.2, -0.15) is 23.3 Å². The molecule has 0 unspecified atom stereocenters. The molecule has 1 fully saturated rings. The van der Waals surface area contributed by atoms with Crippen LogP contribution in [0.2, 0.25) is 0 Å². The number of aromatic nitrogens is 5. The zero-order chi connectivity index (χ0) is 19.2. The van der Waals surface area contributed by atoms with E-state index in [0.717, 1.165) is 38.2 Å². The average molecular weight is 398 g/mol. The first-order valence-electron chi connectivity index (χ1n) is 8.50. The third-order valence-corrected chi connectivity index (χ3v) is 5.13. The maximum atomic E-state index is 12.9. The van der Waals surface area contributed by atoms with Gasteiger partial charge in [0, 0.05) is 25.2 Å². The minimum Gasteiger partial charge on any atom is -0.339 e. The van der Waals surface area contributed by atoms with Gasteiger partial charge in [-0.25, -0.2) is 4.68 Å². The Labute approximate surface area is 157 Å². The Kier molecular flexibility index (Phi) is 4.50. The lowest BCUT2D eigenvalue weighted by Crippen LogP contribution is -2.35. The van der Waals surface area contributed by atoms with Crippen LogP contribution in [0.1, 0.15) is 36.0 Å². The van der Waals surface area contributed by atoms with Gasteiger partial charge < -0.3 is 4.52 Å². The first kappa shape index (κ1) is 18.1. The van der Waals surface area contributed by atoms with Gasteiger partial charge in [0.2, 0.25) is 10.7 Å². The number of fused-ring (bicyclic) bond motifs is 1. The number of likely N-dealkylation sites (tertiary alicyclic amines) is 1. The molecule has 1 aliphatic heterocycles. The SMILES string of the molecule is Cc1noc(C2CCN(Cn3nc4ccc(C(F)(F)F)cn4c3=S)CC2)n1. The minimum absolute atomic E-state index is 0.228. The lowest BCUT2D eigenvalue weighted by molar-refractivity contribution is -0.137. The molecule has 3 aromatic heterocycles. The normalized spacial score (nSPS) is 17.0. The molecule has 7 nitrogen and oxygen atoms in total. The summed E-state index contributed by atoms with van der Waals surface area (Å²) in [6.45, 7) is 3.79. The van der Waals surface area contributed by atoms with Crippen LogP contribution in [0.5, 0.6) is 0 Å². The highest BCUT2D eigenvalue weighted by Gasteiger charge is 2.31. The molecule has 0 bridgehead atoms. The molecular weight excluding hydrogens is 381 g/mol. The third kappa shape index (κ3) is 3.61. The van der Waals surface area contributed by atoms with Gasteiger partial charge in [0.15, 0.2) is 11.5 Å². The molecule has 0 aromatic carbocycles. The monoisotopic (exact) mass is 398 g/mol. The summed E-state index contributed by atoms with van der Waals surface area (Å²) in [4.78, 5) is 6.45. The summed E-state index contributed by atoms with van der Waals surface area (Å²) in [6.07, 6.45) is -1.70. The van der Waals surface area contributed by atoms with E-state index in [9.17, 15) is 13.2 Å². The van der Waals surface area contributed by atoms with Crippen molar-refractivity contribution >= 4 is 17.9 Å². The van der Waals surface area contributed by atoms with Crippen molar-refractivity contribution < 1.29 is 17.7 Å². The van der Waals surface area contributed by atoms with E-state index in [1.165, 1.54) is 10.5 Å². The van der Waals surface area contributed by atoms with E-state index in [0.29, 0.717) is 24.0 Å². The summed E-state index contributed by atoms with van der Waals surface area (Å²) in [7, 11) is 0. The molecular formula is C16H17F3N6OS. The molecule has 4 rings (SSSR count). The molecule has 4 heterocycles. The van der Waals surface area contributed by atoms with Crippen LogP contribution < -0.4 is 0 Å². The van der Waals surface area contributed by atoms with Crippen LogP contribution in [0.3, 0.4) is 0 Å². The van der Waals surface area contributed by atoms with Crippen molar-refractivity contribution in [2.75, 3.05) is 13.1 Å². The molecule has 0 saturated carbocycles. The second kappa shape index (κ2) is 6.71. The molecule has 0 N–H and O–H groups in total. The molecule has 11 heteroatoms. The Morgan fingerprint density at radius 3 is 2.63 bits per heavy atom. The summed E-state index contributed by atoms with van der Waals surface area (Å²) in [5, 5.41) is 8.16. The maximum absolute atomic E-state index is 12.9. The predicted octanol–water partition coefficient (Wildman–Crippen LogP) is 3.41. The van der Waals surface area contributed by atoms with Crippen LogP contribution in [-0.2, 0) is 12.8 Å². The lowest BCUT2D eigenvalue weighted by atomic mass is 9.97. The third-order valence-electron chi connectivity index (χ3n) is 4.72. The highest BCUT2D eigenvalue weighted by Crippen LogP contribution is 2.29. The zero-order valence-corrected chi connectivity index (χ0v) is 15.3. The number of hydrogen-bond acceptors (Lipinski definition) is 6. The fourth-order valence-corrected chi connectivity index (χ4v) is 3.51. The minimum atomic E-state index is -4.42. The molecule has 0 amide bonds. The Balaban J connectivity index is 1.48. The van der Waals surface area contributed by atoms with Crippen molar-refractivity contribution in [3.05, 3.63) is 40.4 Å². The van der Waals surface area contributed by atoms with Crippen LogP contribution >= 0.6 is 12.2 Å². The molecule has 144 valence electrons. The number of alkyl halides is 3. The summed E-state index contributed by atoms with van der Waals surface area (Å²) >= 11 is 5.32. The summed E-state index contributed by atoms with van der Waals surface area (Å²) in [6, 6.07) is 2.35. The first-order chi connectivity index (χ1) is 12.8. The standard InChI is InChI=1S/C16H17F3N6OS/c1-10-20-14(26-22-10)11-4-6-23(7-5-11)9-25-15(27)24-8-12(16(17,18)19)2-3-13(24)21-25/h2-3,8,11H,4-7,9H2,1H3. The quantitative estimate of drug-likeness (QED) is 0.630. The predicted molar refractivity (Wildman–Crippen MR) is 91.6 cm³/mol. The van der Waals surface area contributed by atoms with Gasteiger partial charge in [0.25, 0.3) is 0 Å². The van der Waals surface area contributed by atoms with Crippen molar-refractivity contribution in [3.8, 4) is 0 Å². The largest absolute Gasteiger partial charge is 0.417 e. The second-order valence-electron chi connectivity index (χ2n) is 6.64. The van der Waals surface area contributed by atoms with Crippen molar-refractivity contribution in [2.24, 2.45) is 0 Å². The molecule has 27 heavy (non-hydrogen) atoms. The molecule has 1 aliphatic rings. The lowest BCUT2D eigenvalue weighted by Gasteiger charge is -2.29. The van der Waals surface area contributed by atoms with Gasteiger partial charge in [-0.05, 0) is 44.1 Å². The van der Waals surface area contributed by atoms with Gasteiger partial charge in [-0.1, -0.05) is 5.16 Å². The van der Waals surface area contributed by atoms with Gasteiger partial charge in [-0.3, -0.25) is 9.30 Å². The maximum Gasteiger partial charge on any atom is 0.417 e. The number of hydrogen-bond donors (Lipinski definition) is 0. The molecule has 3 aromatic rings. The molecule has 0 radical (unpaired) electrons. The Morgan fingerprint density at radius 2 is 2.00 bits per heavy atom. The van der Waals surface area contributed by atoms with Gasteiger partial charge in [0.1, 0.15) is 0 Å². The Hall–Kier alpha value is -2.27. The summed E-state index contributed by atoms with van der Waals surface area (Å²) in [5.41, 5.74) is -0.356. The van der Waals surface area contributed by atoms with Crippen LogP contribution in [0.15, 0.2) is 22.9 Å². The van der Waals surface area contributed by atoms with Gasteiger partial charge >= 0.3 is 6.18 Å². The Bertz CT molecular complexity index is 1020. The van der Waals surface area contributed by atoms with Crippen LogP contribution in [-0.4, -0.2) is 42.3 Å². The molecule has 0 spiro atoms. The zero-order valence-electron chi connectivity index (χ0n) is 14.5. The average Bonchev–Trinajstić information content (AvgIpc) is 3.19. The number of aryl methyl sites for hydroxylation is 1. The summed E-state index contributed by atoms with van der Waals surface area (Å²) in [5.74, 6) is 1.52.